The fourth-order valence-electron chi connectivity index (χ4n) is 1.41. The molecule has 0 atom stereocenters. The highest BCUT2D eigenvalue weighted by Gasteiger charge is 2.18. The Morgan fingerprint density at radius 2 is 2.25 bits per heavy atom. The Kier molecular flexibility index (Phi) is 2.47. The summed E-state index contributed by atoms with van der Waals surface area (Å²) in [6.45, 7) is 3.73. The summed E-state index contributed by atoms with van der Waals surface area (Å²) in [7, 11) is 0. The Morgan fingerprint density at radius 3 is 2.94 bits per heavy atom. The van der Waals surface area contributed by atoms with Crippen molar-refractivity contribution in [2.45, 2.75) is 19.9 Å². The highest BCUT2D eigenvalue weighted by molar-refractivity contribution is 6.08. The van der Waals surface area contributed by atoms with Crippen molar-refractivity contribution in [1.82, 2.24) is 15.3 Å². The van der Waals surface area contributed by atoms with Gasteiger partial charge >= 0.3 is 0 Å². The van der Waals surface area contributed by atoms with E-state index in [-0.39, 0.29) is 23.3 Å². The van der Waals surface area contributed by atoms with Crippen LogP contribution in [0.1, 0.15) is 24.2 Å². The van der Waals surface area contributed by atoms with Crippen molar-refractivity contribution in [2.24, 2.45) is 0 Å². The minimum absolute atomic E-state index is 0.0223. The van der Waals surface area contributed by atoms with E-state index in [4.69, 9.17) is 10.2 Å². The van der Waals surface area contributed by atoms with E-state index in [0.29, 0.717) is 11.1 Å². The Morgan fingerprint density at radius 1 is 1.50 bits per heavy atom. The number of rotatable bonds is 2. The molecule has 0 aliphatic rings. The molecule has 16 heavy (non-hydrogen) atoms. The van der Waals surface area contributed by atoms with E-state index in [0.717, 1.165) is 0 Å². The minimum atomic E-state index is -0.292. The highest BCUT2D eigenvalue weighted by Crippen LogP contribution is 2.20. The molecule has 0 unspecified atom stereocenters. The Balaban J connectivity index is 2.53. The number of carbonyl (C=O) groups is 1. The van der Waals surface area contributed by atoms with Crippen LogP contribution in [0.2, 0.25) is 0 Å². The summed E-state index contributed by atoms with van der Waals surface area (Å²) in [5, 5.41) is 2.74. The summed E-state index contributed by atoms with van der Waals surface area (Å²) < 4.78 is 5.06. The lowest BCUT2D eigenvalue weighted by atomic mass is 10.2. The first-order valence-electron chi connectivity index (χ1n) is 4.88. The molecule has 0 radical (unpaired) electrons. The van der Waals surface area contributed by atoms with Gasteiger partial charge in [0.15, 0.2) is 12.0 Å². The molecule has 3 N–H and O–H groups in total. The normalized spacial score (nSPS) is 10.9. The molecular formula is C10H12N4O2. The van der Waals surface area contributed by atoms with Crippen LogP contribution in [0.4, 0.5) is 5.82 Å². The van der Waals surface area contributed by atoms with Gasteiger partial charge in [-0.3, -0.25) is 4.79 Å². The monoisotopic (exact) mass is 220 g/mol. The summed E-state index contributed by atoms with van der Waals surface area (Å²) in [5.74, 6) is -0.140. The number of nitrogens with zero attached hydrogens (tertiary/aromatic N) is 2. The first-order valence-corrected chi connectivity index (χ1v) is 4.88. The van der Waals surface area contributed by atoms with E-state index < -0.39 is 0 Å². The number of oxazole rings is 1. The number of nitrogens with one attached hydrogen (secondary N) is 1. The average molecular weight is 220 g/mol. The van der Waals surface area contributed by atoms with Crippen LogP contribution in [-0.4, -0.2) is 21.9 Å². The van der Waals surface area contributed by atoms with E-state index in [1.54, 1.807) is 0 Å². The van der Waals surface area contributed by atoms with Gasteiger partial charge in [0.05, 0.1) is 6.20 Å². The Bertz CT molecular complexity index is 533. The van der Waals surface area contributed by atoms with Crippen molar-refractivity contribution in [3.8, 4) is 0 Å². The van der Waals surface area contributed by atoms with Gasteiger partial charge in [-0.1, -0.05) is 0 Å². The van der Waals surface area contributed by atoms with Crippen molar-refractivity contribution in [3.05, 3.63) is 18.2 Å². The maximum absolute atomic E-state index is 11.9. The van der Waals surface area contributed by atoms with Crippen LogP contribution in [0, 0.1) is 0 Å². The second-order valence-electron chi connectivity index (χ2n) is 3.71. The number of pyridine rings is 1. The van der Waals surface area contributed by atoms with E-state index in [1.165, 1.54) is 12.6 Å². The third-order valence-electron chi connectivity index (χ3n) is 2.06. The molecule has 0 bridgehead atoms. The van der Waals surface area contributed by atoms with Crippen molar-refractivity contribution < 1.29 is 9.21 Å². The molecular weight excluding hydrogens is 208 g/mol. The number of aromatic nitrogens is 2. The molecule has 0 aromatic carbocycles. The van der Waals surface area contributed by atoms with Gasteiger partial charge in [-0.2, -0.15) is 0 Å². The number of anilines is 1. The molecule has 0 aliphatic heterocycles. The standard InChI is InChI=1S/C10H12N4O2/c1-5(2)14-10(15)7-8-6(16-4-13-8)3-12-9(7)11/h3-5H,1-2H3,(H2,11,12)(H,14,15). The van der Waals surface area contributed by atoms with Crippen LogP contribution in [0.3, 0.4) is 0 Å². The fourth-order valence-corrected chi connectivity index (χ4v) is 1.41. The summed E-state index contributed by atoms with van der Waals surface area (Å²) in [6.07, 6.45) is 2.71. The first-order chi connectivity index (χ1) is 7.59. The van der Waals surface area contributed by atoms with Crippen LogP contribution in [0.15, 0.2) is 17.0 Å². The molecule has 0 fully saturated rings. The molecule has 6 nitrogen and oxygen atoms in total. The number of nitrogens with two attached hydrogens (primary N) is 1. The largest absolute Gasteiger partial charge is 0.442 e. The second-order valence-corrected chi connectivity index (χ2v) is 3.71. The molecule has 0 saturated carbocycles. The maximum Gasteiger partial charge on any atom is 0.257 e. The zero-order valence-corrected chi connectivity index (χ0v) is 9.02. The van der Waals surface area contributed by atoms with Crippen LogP contribution < -0.4 is 11.1 Å². The summed E-state index contributed by atoms with van der Waals surface area (Å²) in [4.78, 5) is 19.7. The van der Waals surface area contributed by atoms with Gasteiger partial charge in [0, 0.05) is 6.04 Å². The van der Waals surface area contributed by atoms with Crippen LogP contribution in [-0.2, 0) is 0 Å². The van der Waals surface area contributed by atoms with Gasteiger partial charge in [0.25, 0.3) is 5.91 Å². The molecule has 84 valence electrons. The van der Waals surface area contributed by atoms with Gasteiger partial charge in [0.1, 0.15) is 16.9 Å². The smallest absolute Gasteiger partial charge is 0.257 e. The van der Waals surface area contributed by atoms with Crippen LogP contribution >= 0.6 is 0 Å². The molecule has 0 spiro atoms. The number of hydrogen-bond donors (Lipinski definition) is 2. The quantitative estimate of drug-likeness (QED) is 0.785. The van der Waals surface area contributed by atoms with Crippen LogP contribution in [0.25, 0.3) is 11.1 Å². The molecule has 0 aliphatic carbocycles. The van der Waals surface area contributed by atoms with Crippen molar-refractivity contribution in [1.29, 1.82) is 0 Å². The topological polar surface area (TPSA) is 94.0 Å². The average Bonchev–Trinajstić information content (AvgIpc) is 2.63. The third kappa shape index (κ3) is 1.69. The lowest BCUT2D eigenvalue weighted by molar-refractivity contribution is 0.0945. The fraction of sp³-hybridized carbons (Fsp3) is 0.300. The van der Waals surface area contributed by atoms with E-state index in [1.807, 2.05) is 13.8 Å². The zero-order valence-electron chi connectivity index (χ0n) is 9.02. The van der Waals surface area contributed by atoms with Gasteiger partial charge in [-0.25, -0.2) is 9.97 Å². The molecule has 2 aromatic rings. The summed E-state index contributed by atoms with van der Waals surface area (Å²) in [5.41, 5.74) is 6.82. The SMILES string of the molecule is CC(C)NC(=O)c1c(N)ncc2ocnc12. The Hall–Kier alpha value is -2.11. The number of carbonyl (C=O) groups excluding carboxylic acids is 1. The van der Waals surface area contributed by atoms with Crippen molar-refractivity contribution in [2.75, 3.05) is 5.73 Å². The van der Waals surface area contributed by atoms with Gasteiger partial charge in [-0.05, 0) is 13.8 Å². The van der Waals surface area contributed by atoms with E-state index >= 15 is 0 Å². The number of hydrogen-bond acceptors (Lipinski definition) is 5. The minimum Gasteiger partial charge on any atom is -0.442 e. The predicted molar refractivity (Wildman–Crippen MR) is 58.8 cm³/mol. The highest BCUT2D eigenvalue weighted by atomic mass is 16.3. The summed E-state index contributed by atoms with van der Waals surface area (Å²) >= 11 is 0. The zero-order chi connectivity index (χ0) is 11.7. The van der Waals surface area contributed by atoms with E-state index in [2.05, 4.69) is 15.3 Å². The second kappa shape index (κ2) is 3.80. The molecule has 2 heterocycles. The summed E-state index contributed by atoms with van der Waals surface area (Å²) in [6, 6.07) is 0.0223. The first kappa shape index (κ1) is 10.4. The molecule has 0 saturated heterocycles. The third-order valence-corrected chi connectivity index (χ3v) is 2.06. The van der Waals surface area contributed by atoms with Gasteiger partial charge < -0.3 is 15.5 Å². The van der Waals surface area contributed by atoms with E-state index in [9.17, 15) is 4.79 Å². The van der Waals surface area contributed by atoms with Gasteiger partial charge in [-0.15, -0.1) is 0 Å². The van der Waals surface area contributed by atoms with Crippen molar-refractivity contribution >= 4 is 22.8 Å². The molecule has 6 heteroatoms. The lowest BCUT2D eigenvalue weighted by Crippen LogP contribution is -2.31. The molecule has 2 rings (SSSR count). The van der Waals surface area contributed by atoms with Crippen LogP contribution in [0.5, 0.6) is 0 Å². The Labute approximate surface area is 91.9 Å². The lowest BCUT2D eigenvalue weighted by Gasteiger charge is -2.09. The van der Waals surface area contributed by atoms with Gasteiger partial charge in [0.2, 0.25) is 0 Å². The number of nitrogen functional groups attached to an aromatic ring is 1. The number of amides is 1. The number of fused-ring (bicyclic) bond motifs is 1. The van der Waals surface area contributed by atoms with Crippen molar-refractivity contribution in [3.63, 3.8) is 0 Å². The molecule has 2 aromatic heterocycles. The maximum atomic E-state index is 11.9. The molecule has 1 amide bonds. The predicted octanol–water partition coefficient (Wildman–Crippen LogP) is 0.943.